The summed E-state index contributed by atoms with van der Waals surface area (Å²) in [7, 11) is 2.32. The highest BCUT2D eigenvalue weighted by molar-refractivity contribution is 5.88. The van der Waals surface area contributed by atoms with E-state index in [1.165, 1.54) is 0 Å². The van der Waals surface area contributed by atoms with Crippen LogP contribution in [-0.4, -0.2) is 49.7 Å². The number of carbonyl (C=O) groups excluding carboxylic acids is 1. The van der Waals surface area contributed by atoms with E-state index in [9.17, 15) is 4.79 Å². The molecule has 0 aromatic carbocycles. The third-order valence-electron chi connectivity index (χ3n) is 4.88. The van der Waals surface area contributed by atoms with Gasteiger partial charge in [-0.15, -0.1) is 0 Å². The lowest BCUT2D eigenvalue weighted by Crippen LogP contribution is -2.59. The number of likely N-dealkylation sites (N-methyl/N-ethyl adjacent to an activating group) is 1. The maximum Gasteiger partial charge on any atom is 0.145 e. The number of morpholine rings is 1. The molecule has 3 atom stereocenters. The molecule has 0 aromatic heterocycles. The summed E-state index contributed by atoms with van der Waals surface area (Å²) in [6.07, 6.45) is 3.47. The van der Waals surface area contributed by atoms with E-state index in [0.29, 0.717) is 23.7 Å². The lowest BCUT2D eigenvalue weighted by Gasteiger charge is -2.45. The summed E-state index contributed by atoms with van der Waals surface area (Å²) in [6, 6.07) is 0.611. The summed E-state index contributed by atoms with van der Waals surface area (Å²) < 4.78 is 6.52. The Morgan fingerprint density at radius 2 is 2.00 bits per heavy atom. The van der Waals surface area contributed by atoms with E-state index in [0.717, 1.165) is 50.0 Å². The lowest BCUT2D eigenvalue weighted by atomic mass is 9.92. The minimum absolute atomic E-state index is 0.387. The number of ether oxygens (including phenoxy) is 1. The molecule has 0 N–H and O–H groups in total. The van der Waals surface area contributed by atoms with Crippen LogP contribution in [0.4, 0.5) is 0 Å². The fraction of sp³-hybridized carbons (Fsp3) is 0.917. The highest BCUT2D eigenvalue weighted by Gasteiger charge is 2.54. The number of Topliss-reactive ketones (excluding diaryl/α,β-unsaturated/α-hetero) is 1. The molecule has 3 rings (SSSR count). The van der Waals surface area contributed by atoms with E-state index >= 15 is 0 Å². The molecule has 0 aromatic rings. The van der Waals surface area contributed by atoms with Gasteiger partial charge in [-0.2, -0.15) is 0 Å². The van der Waals surface area contributed by atoms with Crippen LogP contribution in [0.15, 0.2) is 0 Å². The zero-order valence-electron chi connectivity index (χ0n) is 9.45. The summed E-state index contributed by atoms with van der Waals surface area (Å²) in [5.41, 5.74) is 0. The Kier molecular flexibility index (Phi) is 2.15. The van der Waals surface area contributed by atoms with E-state index in [2.05, 4.69) is 7.05 Å². The number of nitrogens with zero attached hydrogens (tertiary/aromatic N) is 1. The Labute approximate surface area is 91.0 Å². The molecule has 3 fully saturated rings. The van der Waals surface area contributed by atoms with Crippen LogP contribution in [0.25, 0.3) is 0 Å². The van der Waals surface area contributed by atoms with E-state index in [1.807, 2.05) is 0 Å². The Hall–Kier alpha value is -0.410. The molecule has 0 amide bonds. The van der Waals surface area contributed by atoms with Gasteiger partial charge < -0.3 is 9.22 Å². The minimum atomic E-state index is 0.387. The fourth-order valence-electron chi connectivity index (χ4n) is 3.82. The maximum atomic E-state index is 11.9. The molecule has 3 heteroatoms. The normalized spacial score (nSPS) is 43.5. The van der Waals surface area contributed by atoms with Gasteiger partial charge in [0.1, 0.15) is 18.9 Å². The van der Waals surface area contributed by atoms with Crippen molar-refractivity contribution in [1.29, 1.82) is 0 Å². The smallest absolute Gasteiger partial charge is 0.145 e. The molecule has 2 aliphatic carbocycles. The molecule has 1 aliphatic heterocycles. The van der Waals surface area contributed by atoms with Crippen molar-refractivity contribution >= 4 is 5.78 Å². The summed E-state index contributed by atoms with van der Waals surface area (Å²) in [4.78, 5) is 11.9. The first kappa shape index (κ1) is 9.79. The molecule has 3 aliphatic rings. The summed E-state index contributed by atoms with van der Waals surface area (Å²) in [5, 5.41) is 0. The Bertz CT molecular complexity index is 283. The van der Waals surface area contributed by atoms with Gasteiger partial charge in [0.25, 0.3) is 0 Å². The third-order valence-corrected chi connectivity index (χ3v) is 4.88. The van der Waals surface area contributed by atoms with E-state index in [1.54, 1.807) is 0 Å². The van der Waals surface area contributed by atoms with E-state index in [-0.39, 0.29) is 0 Å². The molecule has 0 radical (unpaired) electrons. The van der Waals surface area contributed by atoms with Crippen LogP contribution in [0.5, 0.6) is 0 Å². The number of rotatable bonds is 1. The Balaban J connectivity index is 1.80. The van der Waals surface area contributed by atoms with Crippen molar-refractivity contribution in [2.24, 2.45) is 11.8 Å². The first-order chi connectivity index (χ1) is 7.21. The van der Waals surface area contributed by atoms with Gasteiger partial charge in [-0.1, -0.05) is 0 Å². The van der Waals surface area contributed by atoms with Crippen molar-refractivity contribution in [2.45, 2.75) is 25.3 Å². The van der Waals surface area contributed by atoms with Gasteiger partial charge in [0, 0.05) is 12.3 Å². The largest absolute Gasteiger partial charge is 0.370 e. The lowest BCUT2D eigenvalue weighted by molar-refractivity contribution is -0.942. The minimum Gasteiger partial charge on any atom is -0.370 e. The molecule has 0 unspecified atom stereocenters. The molecule has 84 valence electrons. The van der Waals surface area contributed by atoms with Crippen LogP contribution in [-0.2, 0) is 9.53 Å². The fourth-order valence-corrected chi connectivity index (χ4v) is 3.82. The number of fused-ring (bicyclic) bond motifs is 2. The second-order valence-electron chi connectivity index (χ2n) is 5.63. The van der Waals surface area contributed by atoms with Gasteiger partial charge in [-0.05, 0) is 12.8 Å². The monoisotopic (exact) mass is 210 g/mol. The van der Waals surface area contributed by atoms with Gasteiger partial charge in [-0.25, -0.2) is 0 Å². The predicted molar refractivity (Wildman–Crippen MR) is 56.4 cm³/mol. The average Bonchev–Trinajstić information content (AvgIpc) is 2.76. The average molecular weight is 210 g/mol. The zero-order valence-corrected chi connectivity index (χ0v) is 9.45. The molecular formula is C12H20NO2+. The summed E-state index contributed by atoms with van der Waals surface area (Å²) in [5.74, 6) is 1.38. The van der Waals surface area contributed by atoms with Gasteiger partial charge in [0.05, 0.1) is 32.2 Å². The maximum absolute atomic E-state index is 11.9. The van der Waals surface area contributed by atoms with Gasteiger partial charge in [0.2, 0.25) is 0 Å². The van der Waals surface area contributed by atoms with E-state index < -0.39 is 0 Å². The van der Waals surface area contributed by atoms with Crippen LogP contribution in [0.3, 0.4) is 0 Å². The van der Waals surface area contributed by atoms with Crippen molar-refractivity contribution in [3.8, 4) is 0 Å². The second kappa shape index (κ2) is 3.29. The summed E-state index contributed by atoms with van der Waals surface area (Å²) >= 11 is 0. The third kappa shape index (κ3) is 1.36. The number of hydrogen-bond acceptors (Lipinski definition) is 2. The highest BCUT2D eigenvalue weighted by Crippen LogP contribution is 2.45. The molecule has 3 nitrogen and oxygen atoms in total. The number of carbonyl (C=O) groups is 1. The molecule has 15 heavy (non-hydrogen) atoms. The molecular weight excluding hydrogens is 190 g/mol. The van der Waals surface area contributed by atoms with Crippen molar-refractivity contribution in [1.82, 2.24) is 0 Å². The first-order valence-electron chi connectivity index (χ1n) is 6.16. The standard InChI is InChI=1S/C12H20NO2/c1-13(4-6-15-7-5-13)11-8-9-2-3-10(11)12(9)14/h9-11H,2-8H2,1H3/q+1/t9-,10-,11-/m0/s1. The molecule has 0 spiro atoms. The second-order valence-corrected chi connectivity index (χ2v) is 5.63. The van der Waals surface area contributed by atoms with Crippen LogP contribution in [0.2, 0.25) is 0 Å². The van der Waals surface area contributed by atoms with Crippen LogP contribution < -0.4 is 0 Å². The number of hydrogen-bond donors (Lipinski definition) is 0. The van der Waals surface area contributed by atoms with Crippen molar-refractivity contribution in [3.63, 3.8) is 0 Å². The topological polar surface area (TPSA) is 26.3 Å². The van der Waals surface area contributed by atoms with Crippen molar-refractivity contribution in [3.05, 3.63) is 0 Å². The van der Waals surface area contributed by atoms with Crippen LogP contribution in [0.1, 0.15) is 19.3 Å². The highest BCUT2D eigenvalue weighted by atomic mass is 16.5. The summed E-state index contributed by atoms with van der Waals surface area (Å²) in [6.45, 7) is 3.94. The number of quaternary nitrogens is 1. The molecule has 2 saturated carbocycles. The predicted octanol–water partition coefficient (Wildman–Crippen LogP) is 0.831. The zero-order chi connectivity index (χ0) is 10.5. The number of ketones is 1. The quantitative estimate of drug-likeness (QED) is 0.599. The SMILES string of the molecule is C[N+]1([C@H]2C[C@@H]3CC[C@@H]2C3=O)CCOCC1. The van der Waals surface area contributed by atoms with Crippen LogP contribution >= 0.6 is 0 Å². The first-order valence-corrected chi connectivity index (χ1v) is 6.16. The van der Waals surface area contributed by atoms with Crippen molar-refractivity contribution < 1.29 is 14.0 Å². The van der Waals surface area contributed by atoms with Crippen molar-refractivity contribution in [2.75, 3.05) is 33.4 Å². The molecule has 2 bridgehead atoms. The van der Waals surface area contributed by atoms with Gasteiger partial charge in [0.15, 0.2) is 0 Å². The van der Waals surface area contributed by atoms with E-state index in [4.69, 9.17) is 4.74 Å². The Morgan fingerprint density at radius 1 is 1.27 bits per heavy atom. The van der Waals surface area contributed by atoms with Crippen LogP contribution in [0, 0.1) is 11.8 Å². The Morgan fingerprint density at radius 3 is 2.53 bits per heavy atom. The molecule has 1 heterocycles. The molecule has 1 saturated heterocycles. The van der Waals surface area contributed by atoms with Gasteiger partial charge >= 0.3 is 0 Å². The van der Waals surface area contributed by atoms with Gasteiger partial charge in [-0.3, -0.25) is 4.79 Å².